The first kappa shape index (κ1) is 31.4. The topological polar surface area (TPSA) is 101 Å². The third kappa shape index (κ3) is 3.65. The van der Waals surface area contributed by atoms with Crippen LogP contribution in [0.1, 0.15) is 60.2 Å². The Kier molecular flexibility index (Phi) is 6.06. The second-order valence-electron chi connectivity index (χ2n) is 15.3. The van der Waals surface area contributed by atoms with Crippen molar-refractivity contribution in [3.8, 4) is 0 Å². The van der Waals surface area contributed by atoms with E-state index in [1.54, 1.807) is 12.1 Å². The van der Waals surface area contributed by atoms with Gasteiger partial charge in [-0.05, 0) is 59.3 Å². The molecule has 266 valence electrons. The quantitative estimate of drug-likeness (QED) is 0.134. The van der Waals surface area contributed by atoms with Crippen LogP contribution < -0.4 is 10.9 Å². The van der Waals surface area contributed by atoms with E-state index in [-0.39, 0.29) is 22.4 Å². The molecule has 7 heteroatoms. The smallest absolute Gasteiger partial charge is 0.195 e. The predicted molar refractivity (Wildman–Crippen MR) is 228 cm³/mol. The summed E-state index contributed by atoms with van der Waals surface area (Å²) < 4.78 is 1.96. The molecule has 0 unspecified atom stereocenters. The van der Waals surface area contributed by atoms with Gasteiger partial charge in [-0.25, -0.2) is 4.52 Å². The maximum Gasteiger partial charge on any atom is 0.195 e. The number of aromatic amines is 1. The van der Waals surface area contributed by atoms with E-state index in [0.717, 1.165) is 82.3 Å². The second-order valence-corrected chi connectivity index (χ2v) is 15.3. The predicted octanol–water partition coefficient (Wildman–Crippen LogP) is 10.9. The first-order valence-electron chi connectivity index (χ1n) is 19.4. The van der Waals surface area contributed by atoms with Crippen molar-refractivity contribution in [3.63, 3.8) is 0 Å². The SMILES string of the molecule is CCCC.O=C1C2=C(CCC=C2)C(=O)c2c1ccc1c2[nH]c2ccc3c4ccc5c6c(ccc(c(=O)c3c21)c46)c1ccc2c(=O)c3ccccc3c3nn5c1c23. The van der Waals surface area contributed by atoms with E-state index in [2.05, 4.69) is 31.0 Å². The Bertz CT molecular complexity index is 3810. The van der Waals surface area contributed by atoms with E-state index in [4.69, 9.17) is 5.10 Å². The first-order chi connectivity index (χ1) is 27.4. The third-order valence-electron chi connectivity index (χ3n) is 12.5. The van der Waals surface area contributed by atoms with Crippen LogP contribution >= 0.6 is 0 Å². The second kappa shape index (κ2) is 10.8. The summed E-state index contributed by atoms with van der Waals surface area (Å²) in [6.07, 6.45) is 7.62. The summed E-state index contributed by atoms with van der Waals surface area (Å²) in [6.45, 7) is 4.36. The Balaban J connectivity index is 0.000000828. The molecule has 0 saturated carbocycles. The number of carbonyl (C=O) groups is 2. The van der Waals surface area contributed by atoms with Crippen LogP contribution in [0.2, 0.25) is 0 Å². The van der Waals surface area contributed by atoms with E-state index in [1.165, 1.54) is 12.8 Å². The van der Waals surface area contributed by atoms with Crippen molar-refractivity contribution in [1.82, 2.24) is 14.6 Å². The standard InChI is InChI=1S/C45H21N3O4.C4H10/c49-42-24-6-2-1-5-22(24)40-37-29(42)13-10-23-21-9-12-28-33-19(16-18-32(35(21)33)48(47-40)41(23)37)20-15-17-31-34(36(20)45(28)52)27-11-14-30-38(39(27)46-31)44(51)26-8-4-3-7-25(26)43(30)50;1-3-4-2/h1-3,5-7,9-18,46H,4,8H2;3-4H2,1-2H3. The largest absolute Gasteiger partial charge is 0.354 e. The molecule has 0 spiro atoms. The lowest BCUT2D eigenvalue weighted by Gasteiger charge is -2.22. The van der Waals surface area contributed by atoms with Crippen LogP contribution in [0.3, 0.4) is 0 Å². The van der Waals surface area contributed by atoms with Crippen LogP contribution in [0.15, 0.2) is 118 Å². The van der Waals surface area contributed by atoms with Crippen molar-refractivity contribution in [2.24, 2.45) is 0 Å². The number of rotatable bonds is 1. The van der Waals surface area contributed by atoms with Gasteiger partial charge < -0.3 is 4.98 Å². The van der Waals surface area contributed by atoms with Crippen LogP contribution in [-0.4, -0.2) is 26.2 Å². The molecular formula is C49H31N3O4. The van der Waals surface area contributed by atoms with Crippen molar-refractivity contribution in [2.75, 3.05) is 0 Å². The Hall–Kier alpha value is -6.99. The molecule has 3 heterocycles. The number of H-pyrrole nitrogens is 1. The molecule has 8 aromatic carbocycles. The van der Waals surface area contributed by atoms with Crippen LogP contribution in [-0.2, 0) is 0 Å². The van der Waals surface area contributed by atoms with Gasteiger partial charge in [0.05, 0.1) is 22.1 Å². The highest BCUT2D eigenvalue weighted by atomic mass is 16.1. The number of nitrogens with one attached hydrogen (secondary N) is 1. The highest BCUT2D eigenvalue weighted by Crippen LogP contribution is 2.45. The van der Waals surface area contributed by atoms with E-state index >= 15 is 0 Å². The first-order valence-corrected chi connectivity index (χ1v) is 19.4. The number of Topliss-reactive ketones (excluding diaryl/α,β-unsaturated/α-hetero) is 2. The van der Waals surface area contributed by atoms with Crippen molar-refractivity contribution in [1.29, 1.82) is 0 Å². The summed E-state index contributed by atoms with van der Waals surface area (Å²) in [7, 11) is 0. The molecule has 2 aliphatic carbocycles. The number of hydrogen-bond donors (Lipinski definition) is 1. The highest BCUT2D eigenvalue weighted by molar-refractivity contribution is 6.38. The zero-order chi connectivity index (χ0) is 37.7. The van der Waals surface area contributed by atoms with Gasteiger partial charge in [-0.3, -0.25) is 19.2 Å². The lowest BCUT2D eigenvalue weighted by molar-refractivity contribution is 0.0975. The lowest BCUT2D eigenvalue weighted by atomic mass is 9.79. The number of hydrogen-bond acceptors (Lipinski definition) is 5. The molecule has 0 bridgehead atoms. The zero-order valence-electron chi connectivity index (χ0n) is 30.6. The monoisotopic (exact) mass is 725 g/mol. The van der Waals surface area contributed by atoms with Gasteiger partial charge in [0.1, 0.15) is 5.52 Å². The molecular weight excluding hydrogens is 695 g/mol. The molecule has 0 atom stereocenters. The highest BCUT2D eigenvalue weighted by Gasteiger charge is 2.34. The van der Waals surface area contributed by atoms with Crippen LogP contribution in [0.4, 0.5) is 0 Å². The van der Waals surface area contributed by atoms with Gasteiger partial charge in [-0.2, -0.15) is 5.10 Å². The van der Waals surface area contributed by atoms with Gasteiger partial charge in [0.25, 0.3) is 0 Å². The molecule has 0 fully saturated rings. The number of carbonyl (C=O) groups excluding carboxylic acids is 2. The van der Waals surface area contributed by atoms with Crippen LogP contribution in [0.25, 0.3) is 103 Å². The van der Waals surface area contributed by atoms with Crippen molar-refractivity contribution < 1.29 is 9.59 Å². The normalized spacial score (nSPS) is 14.7. The molecule has 0 radical (unpaired) electrons. The number of ketones is 2. The van der Waals surface area contributed by atoms with Gasteiger partial charge in [-0.15, -0.1) is 0 Å². The summed E-state index contributed by atoms with van der Waals surface area (Å²) >= 11 is 0. The lowest BCUT2D eigenvalue weighted by Crippen LogP contribution is -2.23. The minimum Gasteiger partial charge on any atom is -0.354 e. The summed E-state index contributed by atoms with van der Waals surface area (Å²) in [5.41, 5.74) is 5.64. The number of nitrogens with zero attached hydrogens (tertiary/aromatic N) is 2. The molecule has 3 aromatic heterocycles. The van der Waals surface area contributed by atoms with Gasteiger partial charge >= 0.3 is 0 Å². The van der Waals surface area contributed by atoms with Gasteiger partial charge in [0.2, 0.25) is 0 Å². The molecule has 1 N–H and O–H groups in total. The van der Waals surface area contributed by atoms with E-state index in [9.17, 15) is 19.2 Å². The average molecular weight is 726 g/mol. The zero-order valence-corrected chi connectivity index (χ0v) is 30.6. The number of unbranched alkanes of at least 4 members (excludes halogenated alkanes) is 1. The maximum absolute atomic E-state index is 14.9. The molecule has 11 aromatic rings. The summed E-state index contributed by atoms with van der Waals surface area (Å²) in [4.78, 5) is 59.5. The summed E-state index contributed by atoms with van der Waals surface area (Å²) in [6, 6.07) is 27.3. The molecule has 0 aliphatic heterocycles. The van der Waals surface area contributed by atoms with Gasteiger partial charge in [0.15, 0.2) is 22.4 Å². The van der Waals surface area contributed by atoms with Gasteiger partial charge in [-0.1, -0.05) is 93.4 Å². The number of aromatic nitrogens is 3. The Labute approximate surface area is 317 Å². The average Bonchev–Trinajstić information content (AvgIpc) is 3.83. The maximum atomic E-state index is 14.9. The van der Waals surface area contributed by atoms with E-state index < -0.39 is 0 Å². The molecule has 56 heavy (non-hydrogen) atoms. The molecule has 7 nitrogen and oxygen atoms in total. The number of fused-ring (bicyclic) bond motifs is 12. The van der Waals surface area contributed by atoms with E-state index in [1.807, 2.05) is 77.3 Å². The molecule has 0 amide bonds. The fourth-order valence-corrected chi connectivity index (χ4v) is 9.84. The molecule has 2 aliphatic rings. The Morgan fingerprint density at radius 2 is 1.29 bits per heavy atom. The van der Waals surface area contributed by atoms with E-state index in [0.29, 0.717) is 55.8 Å². The minimum absolute atomic E-state index is 0.000461. The molecule has 0 saturated heterocycles. The van der Waals surface area contributed by atoms with Crippen molar-refractivity contribution in [3.05, 3.63) is 140 Å². The number of benzene rings is 8. The number of pyridine rings is 1. The van der Waals surface area contributed by atoms with Crippen LogP contribution in [0.5, 0.6) is 0 Å². The van der Waals surface area contributed by atoms with Gasteiger partial charge in [0, 0.05) is 81.5 Å². The fraction of sp³-hybridized carbons (Fsp3) is 0.122. The number of allylic oxidation sites excluding steroid dienone is 4. The van der Waals surface area contributed by atoms with Crippen molar-refractivity contribution in [2.45, 2.75) is 39.5 Å². The molecule has 13 rings (SSSR count). The summed E-state index contributed by atoms with van der Waals surface area (Å²) in [5.74, 6) is -0.257. The van der Waals surface area contributed by atoms with Crippen molar-refractivity contribution >= 4 is 115 Å². The fourth-order valence-electron chi connectivity index (χ4n) is 9.84. The van der Waals surface area contributed by atoms with Crippen LogP contribution in [0, 0.1) is 0 Å². The Morgan fingerprint density at radius 3 is 2.11 bits per heavy atom. The minimum atomic E-state index is -0.135. The Morgan fingerprint density at radius 1 is 0.607 bits per heavy atom. The summed E-state index contributed by atoms with van der Waals surface area (Å²) in [5, 5.41) is 16.4. The third-order valence-corrected chi connectivity index (χ3v) is 12.5.